The second kappa shape index (κ2) is 7.42. The van der Waals surface area contributed by atoms with Crippen LogP contribution in [0.2, 0.25) is 5.02 Å². The summed E-state index contributed by atoms with van der Waals surface area (Å²) in [6.07, 6.45) is 0. The first kappa shape index (κ1) is 19.8. The zero-order chi connectivity index (χ0) is 21.6. The summed E-state index contributed by atoms with van der Waals surface area (Å²) in [5.74, 6) is -0.434. The van der Waals surface area contributed by atoms with Gasteiger partial charge in [-0.25, -0.2) is 19.3 Å². The molecule has 0 aliphatic heterocycles. The molecule has 4 rings (SSSR count). The molecule has 0 atom stereocenters. The molecular weight excluding hydrogens is 402 g/mol. The van der Waals surface area contributed by atoms with Crippen LogP contribution in [0.25, 0.3) is 28.2 Å². The third-order valence-corrected chi connectivity index (χ3v) is 5.42. The van der Waals surface area contributed by atoms with Gasteiger partial charge < -0.3 is 5.73 Å². The second-order valence-electron chi connectivity index (χ2n) is 7.07. The Labute approximate surface area is 177 Å². The number of primary amides is 1. The van der Waals surface area contributed by atoms with Gasteiger partial charge in [0.15, 0.2) is 17.2 Å². The van der Waals surface area contributed by atoms with Gasteiger partial charge in [0.05, 0.1) is 5.69 Å². The number of aryl methyl sites for hydroxylation is 3. The van der Waals surface area contributed by atoms with E-state index in [-0.39, 0.29) is 11.4 Å². The Bertz CT molecular complexity index is 1350. The zero-order valence-electron chi connectivity index (χ0n) is 16.8. The number of fused-ring (bicyclic) bond motifs is 1. The maximum atomic E-state index is 13.3. The molecule has 0 aliphatic carbocycles. The number of nitrogens with two attached hydrogens (primary N) is 1. The fourth-order valence-electron chi connectivity index (χ4n) is 3.45. The van der Waals surface area contributed by atoms with Crippen molar-refractivity contribution in [3.05, 3.63) is 74.8 Å². The predicted molar refractivity (Wildman–Crippen MR) is 117 cm³/mol. The van der Waals surface area contributed by atoms with Gasteiger partial charge in [0.1, 0.15) is 5.52 Å². The number of carbonyl (C=O) groups is 1. The normalized spacial score (nSPS) is 11.2. The van der Waals surface area contributed by atoms with Crippen LogP contribution < -0.4 is 11.4 Å². The van der Waals surface area contributed by atoms with Crippen molar-refractivity contribution in [2.45, 2.75) is 27.3 Å². The Morgan fingerprint density at radius 1 is 1.07 bits per heavy atom. The van der Waals surface area contributed by atoms with Crippen LogP contribution in [-0.4, -0.2) is 25.0 Å². The van der Waals surface area contributed by atoms with Gasteiger partial charge in [-0.15, -0.1) is 0 Å². The molecule has 2 heterocycles. The van der Waals surface area contributed by atoms with Crippen LogP contribution in [0.4, 0.5) is 0 Å². The van der Waals surface area contributed by atoms with Crippen LogP contribution in [0.1, 0.15) is 28.5 Å². The lowest BCUT2D eigenvalue weighted by Gasteiger charge is -2.08. The van der Waals surface area contributed by atoms with Crippen LogP contribution >= 0.6 is 11.6 Å². The maximum absolute atomic E-state index is 13.3. The molecule has 0 radical (unpaired) electrons. The first-order valence-electron chi connectivity index (χ1n) is 9.48. The number of rotatable bonds is 4. The molecule has 0 bridgehead atoms. The molecule has 0 fully saturated rings. The standard InChI is InChI=1S/C22H20ClN5O2/c1-4-27-18-17(19(24)29)25-20(14-6-8-15(23)9-7-14)26-21(18)28(22(27)30)16-10-5-12(2)13(3)11-16/h5-11H,4H2,1-3H3,(H2,24,29). The molecule has 2 aromatic carbocycles. The minimum absolute atomic E-state index is 0.00600. The SMILES string of the molecule is CCn1c(=O)n(-c2ccc(C)c(C)c2)c2nc(-c3ccc(Cl)cc3)nc(C(N)=O)c21. The Hall–Kier alpha value is -3.45. The van der Waals surface area contributed by atoms with Crippen LogP contribution in [0.3, 0.4) is 0 Å². The minimum Gasteiger partial charge on any atom is -0.364 e. The smallest absolute Gasteiger partial charge is 0.335 e. The Morgan fingerprint density at radius 3 is 2.37 bits per heavy atom. The first-order chi connectivity index (χ1) is 14.3. The van der Waals surface area contributed by atoms with Gasteiger partial charge in [0.2, 0.25) is 0 Å². The molecule has 8 heteroatoms. The van der Waals surface area contributed by atoms with Crippen molar-refractivity contribution in [2.24, 2.45) is 5.73 Å². The highest BCUT2D eigenvalue weighted by Crippen LogP contribution is 2.25. The summed E-state index contributed by atoms with van der Waals surface area (Å²) < 4.78 is 2.97. The fourth-order valence-corrected chi connectivity index (χ4v) is 3.57. The number of hydrogen-bond donors (Lipinski definition) is 1. The zero-order valence-corrected chi connectivity index (χ0v) is 17.6. The van der Waals surface area contributed by atoms with Gasteiger partial charge in [-0.1, -0.05) is 17.7 Å². The predicted octanol–water partition coefficient (Wildman–Crippen LogP) is 3.64. The van der Waals surface area contributed by atoms with E-state index in [9.17, 15) is 9.59 Å². The molecule has 2 N–H and O–H groups in total. The van der Waals surface area contributed by atoms with Crippen molar-refractivity contribution in [3.8, 4) is 17.1 Å². The van der Waals surface area contributed by atoms with Crippen LogP contribution in [0.15, 0.2) is 47.3 Å². The quantitative estimate of drug-likeness (QED) is 0.544. The lowest BCUT2D eigenvalue weighted by molar-refractivity contribution is 0.0997. The van der Waals surface area contributed by atoms with Crippen molar-refractivity contribution in [1.29, 1.82) is 0 Å². The van der Waals surface area contributed by atoms with Gasteiger partial charge >= 0.3 is 5.69 Å². The molecule has 0 unspecified atom stereocenters. The van der Waals surface area contributed by atoms with E-state index >= 15 is 0 Å². The number of hydrogen-bond acceptors (Lipinski definition) is 4. The number of benzene rings is 2. The second-order valence-corrected chi connectivity index (χ2v) is 7.51. The van der Waals surface area contributed by atoms with Gasteiger partial charge in [-0.2, -0.15) is 0 Å². The molecule has 0 saturated carbocycles. The molecule has 2 aromatic heterocycles. The summed E-state index contributed by atoms with van der Waals surface area (Å²) in [6.45, 7) is 6.15. The molecule has 0 aliphatic rings. The summed E-state index contributed by atoms with van der Waals surface area (Å²) in [7, 11) is 0. The summed E-state index contributed by atoms with van der Waals surface area (Å²) >= 11 is 5.99. The molecule has 152 valence electrons. The van der Waals surface area contributed by atoms with Gasteiger partial charge in [0, 0.05) is 17.1 Å². The van der Waals surface area contributed by atoms with Gasteiger partial charge in [0.25, 0.3) is 5.91 Å². The van der Waals surface area contributed by atoms with Crippen molar-refractivity contribution in [2.75, 3.05) is 0 Å². The van der Waals surface area contributed by atoms with Crippen molar-refractivity contribution in [1.82, 2.24) is 19.1 Å². The van der Waals surface area contributed by atoms with Gasteiger partial charge in [-0.3, -0.25) is 9.36 Å². The van der Waals surface area contributed by atoms with E-state index in [1.807, 2.05) is 39.0 Å². The Morgan fingerprint density at radius 2 is 1.77 bits per heavy atom. The third-order valence-electron chi connectivity index (χ3n) is 5.17. The summed E-state index contributed by atoms with van der Waals surface area (Å²) in [5, 5.41) is 0.569. The fraction of sp³-hybridized carbons (Fsp3) is 0.182. The highest BCUT2D eigenvalue weighted by Gasteiger charge is 2.23. The molecule has 0 saturated heterocycles. The molecule has 7 nitrogen and oxygen atoms in total. The van der Waals surface area contributed by atoms with E-state index in [1.54, 1.807) is 24.3 Å². The molecule has 0 spiro atoms. The Kier molecular flexibility index (Phi) is 4.91. The summed E-state index contributed by atoms with van der Waals surface area (Å²) in [5.41, 5.74) is 9.47. The van der Waals surface area contributed by atoms with Gasteiger partial charge in [-0.05, 0) is 68.3 Å². The number of amides is 1. The Balaban J connectivity index is 2.12. The van der Waals surface area contributed by atoms with Crippen LogP contribution in [-0.2, 0) is 6.54 Å². The highest BCUT2D eigenvalue weighted by molar-refractivity contribution is 6.30. The third kappa shape index (κ3) is 3.17. The summed E-state index contributed by atoms with van der Waals surface area (Å²) in [4.78, 5) is 34.6. The monoisotopic (exact) mass is 421 g/mol. The molecule has 4 aromatic rings. The maximum Gasteiger partial charge on any atom is 0.335 e. The van der Waals surface area contributed by atoms with E-state index in [0.717, 1.165) is 11.1 Å². The van der Waals surface area contributed by atoms with Crippen molar-refractivity contribution in [3.63, 3.8) is 0 Å². The number of aromatic nitrogens is 4. The van der Waals surface area contributed by atoms with E-state index in [2.05, 4.69) is 9.97 Å². The van der Waals surface area contributed by atoms with E-state index < -0.39 is 5.91 Å². The molecule has 1 amide bonds. The summed E-state index contributed by atoms with van der Waals surface area (Å²) in [6, 6.07) is 12.7. The minimum atomic E-state index is -0.725. The van der Waals surface area contributed by atoms with E-state index in [4.69, 9.17) is 17.3 Å². The lowest BCUT2D eigenvalue weighted by Crippen LogP contribution is -2.23. The van der Waals surface area contributed by atoms with Crippen molar-refractivity contribution >= 4 is 28.7 Å². The number of carbonyl (C=O) groups excluding carboxylic acids is 1. The average molecular weight is 422 g/mol. The molecule has 30 heavy (non-hydrogen) atoms. The van der Waals surface area contributed by atoms with E-state index in [0.29, 0.717) is 39.8 Å². The lowest BCUT2D eigenvalue weighted by atomic mass is 10.1. The first-order valence-corrected chi connectivity index (χ1v) is 9.86. The van der Waals surface area contributed by atoms with E-state index in [1.165, 1.54) is 9.13 Å². The number of halogens is 1. The van der Waals surface area contributed by atoms with Crippen molar-refractivity contribution < 1.29 is 4.79 Å². The number of imidazole rings is 1. The highest BCUT2D eigenvalue weighted by atomic mass is 35.5. The topological polar surface area (TPSA) is 95.8 Å². The number of nitrogens with zero attached hydrogens (tertiary/aromatic N) is 4. The van der Waals surface area contributed by atoms with Crippen LogP contribution in [0.5, 0.6) is 0 Å². The largest absolute Gasteiger partial charge is 0.364 e. The molecular formula is C22H20ClN5O2. The average Bonchev–Trinajstić information content (AvgIpc) is 3.00. The van der Waals surface area contributed by atoms with Crippen LogP contribution in [0, 0.1) is 13.8 Å².